The monoisotopic (exact) mass is 416 g/mol. The maximum absolute atomic E-state index is 11.7. The number of carbonyl (C=O) groups excluding carboxylic acids is 1. The third-order valence-electron chi connectivity index (χ3n) is 4.36. The molecular weight excluding hydrogens is 388 g/mol. The lowest BCUT2D eigenvalue weighted by atomic mass is 10.0. The summed E-state index contributed by atoms with van der Waals surface area (Å²) < 4.78 is 11.1. The minimum absolute atomic E-state index is 0.360. The summed E-state index contributed by atoms with van der Waals surface area (Å²) >= 11 is 6.02. The molecule has 0 saturated heterocycles. The molecule has 1 amide bonds. The number of amides is 1. The molecule has 0 unspecified atom stereocenters. The van der Waals surface area contributed by atoms with Crippen LogP contribution in [0.3, 0.4) is 0 Å². The van der Waals surface area contributed by atoms with E-state index < -0.39 is 11.7 Å². The van der Waals surface area contributed by atoms with Gasteiger partial charge in [-0.2, -0.15) is 0 Å². The van der Waals surface area contributed by atoms with Gasteiger partial charge in [0, 0.05) is 17.6 Å². The molecule has 1 aliphatic rings. The summed E-state index contributed by atoms with van der Waals surface area (Å²) in [6.07, 6.45) is 2.05. The minimum Gasteiger partial charge on any atom is -0.492 e. The van der Waals surface area contributed by atoms with Crippen molar-refractivity contribution >= 4 is 17.7 Å². The Morgan fingerprint density at radius 2 is 1.83 bits per heavy atom. The quantitative estimate of drug-likeness (QED) is 0.583. The lowest BCUT2D eigenvalue weighted by Gasteiger charge is -2.19. The molecule has 0 aromatic heterocycles. The Morgan fingerprint density at radius 1 is 1.10 bits per heavy atom. The molecule has 6 heteroatoms. The molecule has 1 aliphatic carbocycles. The average Bonchev–Trinajstić information content (AvgIpc) is 3.47. The van der Waals surface area contributed by atoms with Crippen LogP contribution in [0.15, 0.2) is 42.5 Å². The number of hydrogen-bond acceptors (Lipinski definition) is 4. The maximum atomic E-state index is 11.7. The van der Waals surface area contributed by atoms with E-state index in [0.29, 0.717) is 24.2 Å². The van der Waals surface area contributed by atoms with E-state index >= 15 is 0 Å². The van der Waals surface area contributed by atoms with Crippen molar-refractivity contribution in [2.45, 2.75) is 51.8 Å². The van der Waals surface area contributed by atoms with Crippen LogP contribution in [0.5, 0.6) is 5.75 Å². The number of nitrogens with one attached hydrogen (secondary N) is 2. The number of benzene rings is 2. The fraction of sp³-hybridized carbons (Fsp3) is 0.435. The van der Waals surface area contributed by atoms with Gasteiger partial charge in [-0.15, -0.1) is 0 Å². The van der Waals surface area contributed by atoms with Crippen molar-refractivity contribution in [3.63, 3.8) is 0 Å². The van der Waals surface area contributed by atoms with Crippen molar-refractivity contribution in [1.29, 1.82) is 0 Å². The fourth-order valence-corrected chi connectivity index (χ4v) is 2.97. The predicted molar refractivity (Wildman–Crippen MR) is 116 cm³/mol. The highest BCUT2D eigenvalue weighted by molar-refractivity contribution is 6.30. The van der Waals surface area contributed by atoms with Gasteiger partial charge >= 0.3 is 6.09 Å². The summed E-state index contributed by atoms with van der Waals surface area (Å²) in [5, 5.41) is 6.97. The Labute approximate surface area is 177 Å². The molecule has 156 valence electrons. The second kappa shape index (κ2) is 9.51. The summed E-state index contributed by atoms with van der Waals surface area (Å²) in [7, 11) is 0. The molecule has 2 N–H and O–H groups in total. The van der Waals surface area contributed by atoms with Crippen molar-refractivity contribution in [2.75, 3.05) is 13.2 Å². The van der Waals surface area contributed by atoms with E-state index in [1.165, 1.54) is 18.4 Å². The first kappa shape index (κ1) is 21.5. The van der Waals surface area contributed by atoms with Crippen LogP contribution >= 0.6 is 11.6 Å². The Balaban J connectivity index is 1.63. The van der Waals surface area contributed by atoms with Crippen molar-refractivity contribution in [3.8, 4) is 16.9 Å². The van der Waals surface area contributed by atoms with Gasteiger partial charge in [0.05, 0.1) is 6.54 Å². The first-order valence-corrected chi connectivity index (χ1v) is 10.4. The largest absolute Gasteiger partial charge is 0.492 e. The first-order valence-electron chi connectivity index (χ1n) is 10.0. The Bertz CT molecular complexity index is 827. The molecule has 1 saturated carbocycles. The highest BCUT2D eigenvalue weighted by Gasteiger charge is 2.20. The van der Waals surface area contributed by atoms with Gasteiger partial charge in [-0.05, 0) is 80.6 Å². The molecule has 0 atom stereocenters. The zero-order chi connectivity index (χ0) is 20.9. The molecule has 29 heavy (non-hydrogen) atoms. The summed E-state index contributed by atoms with van der Waals surface area (Å²) in [6.45, 7) is 7.04. The highest BCUT2D eigenvalue weighted by atomic mass is 35.5. The van der Waals surface area contributed by atoms with Crippen LogP contribution in [0.4, 0.5) is 4.79 Å². The molecule has 0 aliphatic heterocycles. The number of halogens is 1. The average molecular weight is 417 g/mol. The maximum Gasteiger partial charge on any atom is 0.407 e. The molecule has 2 aromatic carbocycles. The van der Waals surface area contributed by atoms with Crippen LogP contribution in [-0.4, -0.2) is 30.9 Å². The van der Waals surface area contributed by atoms with E-state index in [1.54, 1.807) is 0 Å². The van der Waals surface area contributed by atoms with E-state index in [-0.39, 0.29) is 0 Å². The van der Waals surface area contributed by atoms with Crippen molar-refractivity contribution in [3.05, 3.63) is 53.1 Å². The number of alkyl carbamates (subject to hydrolysis) is 1. The van der Waals surface area contributed by atoms with E-state index in [2.05, 4.69) is 16.7 Å². The summed E-state index contributed by atoms with van der Waals surface area (Å²) in [6, 6.07) is 14.6. The Hall–Kier alpha value is -2.24. The van der Waals surface area contributed by atoms with Crippen LogP contribution in [0.1, 0.15) is 39.2 Å². The van der Waals surface area contributed by atoms with Gasteiger partial charge in [0.15, 0.2) is 0 Å². The molecular formula is C23H29ClN2O3. The predicted octanol–water partition coefficient (Wildman–Crippen LogP) is 5.16. The van der Waals surface area contributed by atoms with Crippen molar-refractivity contribution < 1.29 is 14.3 Å². The lowest BCUT2D eigenvalue weighted by Crippen LogP contribution is -2.34. The number of rotatable bonds is 8. The minimum atomic E-state index is -0.513. The third kappa shape index (κ3) is 7.59. The molecule has 0 spiro atoms. The number of hydrogen-bond donors (Lipinski definition) is 2. The molecule has 0 radical (unpaired) electrons. The van der Waals surface area contributed by atoms with Gasteiger partial charge in [-0.1, -0.05) is 23.7 Å². The second-order valence-corrected chi connectivity index (χ2v) is 8.74. The summed E-state index contributed by atoms with van der Waals surface area (Å²) in [4.78, 5) is 11.7. The van der Waals surface area contributed by atoms with Gasteiger partial charge in [0.1, 0.15) is 18.0 Å². The van der Waals surface area contributed by atoms with E-state index in [0.717, 1.165) is 23.4 Å². The smallest absolute Gasteiger partial charge is 0.407 e. The SMILES string of the molecule is CC(C)(C)OC(=O)NCCOc1cc(CNC2CC2)cc(-c2ccc(Cl)cc2)c1. The molecule has 2 aromatic rings. The molecule has 3 rings (SSSR count). The molecule has 0 heterocycles. The summed E-state index contributed by atoms with van der Waals surface area (Å²) in [5.74, 6) is 0.774. The van der Waals surface area contributed by atoms with Crippen LogP contribution in [0.2, 0.25) is 5.02 Å². The van der Waals surface area contributed by atoms with Crippen LogP contribution < -0.4 is 15.4 Å². The Morgan fingerprint density at radius 3 is 2.48 bits per heavy atom. The zero-order valence-corrected chi connectivity index (χ0v) is 18.0. The van der Waals surface area contributed by atoms with E-state index in [9.17, 15) is 4.79 Å². The highest BCUT2D eigenvalue weighted by Crippen LogP contribution is 2.28. The molecule has 0 bridgehead atoms. The van der Waals surface area contributed by atoms with E-state index in [4.69, 9.17) is 21.1 Å². The summed E-state index contributed by atoms with van der Waals surface area (Å²) in [5.41, 5.74) is 2.81. The van der Waals surface area contributed by atoms with Crippen molar-refractivity contribution in [2.24, 2.45) is 0 Å². The normalized spacial score (nSPS) is 13.8. The standard InChI is InChI=1S/C23H29ClN2O3/c1-23(2,3)29-22(27)25-10-11-28-21-13-16(15-26-20-8-9-20)12-18(14-21)17-4-6-19(24)7-5-17/h4-7,12-14,20,26H,8-11,15H2,1-3H3,(H,25,27). The topological polar surface area (TPSA) is 59.6 Å². The molecule has 5 nitrogen and oxygen atoms in total. The van der Waals surface area contributed by atoms with Crippen LogP contribution in [-0.2, 0) is 11.3 Å². The van der Waals surface area contributed by atoms with Gasteiger partial charge < -0.3 is 20.1 Å². The van der Waals surface area contributed by atoms with Crippen LogP contribution in [0, 0.1) is 0 Å². The van der Waals surface area contributed by atoms with Gasteiger partial charge in [0.25, 0.3) is 0 Å². The van der Waals surface area contributed by atoms with Crippen molar-refractivity contribution in [1.82, 2.24) is 10.6 Å². The molecule has 1 fully saturated rings. The number of ether oxygens (including phenoxy) is 2. The number of carbonyl (C=O) groups is 1. The fourth-order valence-electron chi connectivity index (χ4n) is 2.84. The second-order valence-electron chi connectivity index (χ2n) is 8.30. The zero-order valence-electron chi connectivity index (χ0n) is 17.3. The lowest BCUT2D eigenvalue weighted by molar-refractivity contribution is 0.0520. The van der Waals surface area contributed by atoms with E-state index in [1.807, 2.05) is 57.2 Å². The van der Waals surface area contributed by atoms with Gasteiger partial charge in [-0.3, -0.25) is 0 Å². The van der Waals surface area contributed by atoms with Crippen LogP contribution in [0.25, 0.3) is 11.1 Å². The van der Waals surface area contributed by atoms with Gasteiger partial charge in [0.2, 0.25) is 0 Å². The Kier molecular flexibility index (Phi) is 7.04. The third-order valence-corrected chi connectivity index (χ3v) is 4.61. The van der Waals surface area contributed by atoms with Gasteiger partial charge in [-0.25, -0.2) is 4.79 Å². The first-order chi connectivity index (χ1) is 13.8.